The molecule has 144 valence electrons. The van der Waals surface area contributed by atoms with Gasteiger partial charge in [0.25, 0.3) is 0 Å². The van der Waals surface area contributed by atoms with E-state index in [9.17, 15) is 9.18 Å². The fraction of sp³-hybridized carbons (Fsp3) is 0.350. The van der Waals surface area contributed by atoms with E-state index in [0.29, 0.717) is 12.1 Å². The number of anilines is 2. The van der Waals surface area contributed by atoms with Crippen molar-refractivity contribution < 1.29 is 9.18 Å². The van der Waals surface area contributed by atoms with Crippen molar-refractivity contribution in [1.29, 1.82) is 0 Å². The normalized spacial score (nSPS) is 16.8. The molecule has 4 rings (SSSR count). The molecule has 0 saturated carbocycles. The Labute approximate surface area is 165 Å². The number of piperazine rings is 1. The summed E-state index contributed by atoms with van der Waals surface area (Å²) in [4.78, 5) is 18.5. The quantitative estimate of drug-likeness (QED) is 0.874. The van der Waals surface area contributed by atoms with Gasteiger partial charge in [-0.2, -0.15) is 0 Å². The Morgan fingerprint density at radius 2 is 1.74 bits per heavy atom. The number of carbonyl (C=O) groups excluding carboxylic acids is 1. The maximum atomic E-state index is 14.1. The topological polar surface area (TPSA) is 38.8 Å². The second-order valence-corrected chi connectivity index (χ2v) is 6.83. The number of hydrogen-bond donors (Lipinski definition) is 1. The lowest BCUT2D eigenvalue weighted by Gasteiger charge is -2.39. The number of benzene rings is 2. The molecule has 0 spiro atoms. The van der Waals surface area contributed by atoms with Crippen molar-refractivity contribution in [3.63, 3.8) is 0 Å². The van der Waals surface area contributed by atoms with Gasteiger partial charge in [0, 0.05) is 50.0 Å². The molecule has 2 heterocycles. The summed E-state index contributed by atoms with van der Waals surface area (Å²) in [6, 6.07) is 12.6. The predicted molar refractivity (Wildman–Crippen MR) is 108 cm³/mol. The molecule has 5 nitrogen and oxygen atoms in total. The lowest BCUT2D eigenvalue weighted by atomic mass is 10.0. The third-order valence-electron chi connectivity index (χ3n) is 5.11. The lowest BCUT2D eigenvalue weighted by molar-refractivity contribution is 0.210. The molecule has 2 aromatic carbocycles. The molecule has 1 N–H and O–H groups in total. The van der Waals surface area contributed by atoms with E-state index in [1.165, 1.54) is 11.8 Å². The van der Waals surface area contributed by atoms with E-state index in [1.54, 1.807) is 35.0 Å². The fourth-order valence-corrected chi connectivity index (χ4v) is 3.74. The molecule has 0 bridgehead atoms. The summed E-state index contributed by atoms with van der Waals surface area (Å²) in [6.07, 6.45) is 0. The molecule has 0 aliphatic carbocycles. The summed E-state index contributed by atoms with van der Waals surface area (Å²) >= 11 is 0. The highest BCUT2D eigenvalue weighted by molar-refractivity contribution is 5.96. The number of nitrogens with one attached hydrogen (secondary N) is 1. The Bertz CT molecular complexity index is 825. The van der Waals surface area contributed by atoms with Crippen LogP contribution >= 0.6 is 12.4 Å². The molecule has 2 aliphatic heterocycles. The van der Waals surface area contributed by atoms with Crippen LogP contribution in [0, 0.1) is 5.82 Å². The largest absolute Gasteiger partial charge is 0.369 e. The Kier molecular flexibility index (Phi) is 5.87. The Hall–Kier alpha value is -2.31. The number of amides is 2. The van der Waals surface area contributed by atoms with Crippen LogP contribution in [0.2, 0.25) is 0 Å². The summed E-state index contributed by atoms with van der Waals surface area (Å²) in [7, 11) is 1.80. The average Bonchev–Trinajstić information content (AvgIpc) is 2.67. The molecule has 0 unspecified atom stereocenters. The van der Waals surface area contributed by atoms with Crippen LogP contribution in [0.3, 0.4) is 0 Å². The first-order valence-corrected chi connectivity index (χ1v) is 8.99. The van der Waals surface area contributed by atoms with Crippen molar-refractivity contribution in [3.05, 3.63) is 59.4 Å². The van der Waals surface area contributed by atoms with E-state index >= 15 is 0 Å². The Balaban J connectivity index is 0.00000210. The monoisotopic (exact) mass is 390 g/mol. The van der Waals surface area contributed by atoms with Crippen molar-refractivity contribution in [2.45, 2.75) is 13.1 Å². The average molecular weight is 391 g/mol. The first-order valence-electron chi connectivity index (χ1n) is 8.99. The Morgan fingerprint density at radius 1 is 1.04 bits per heavy atom. The number of hydrogen-bond acceptors (Lipinski definition) is 3. The SMILES string of the molecule is CN1Cc2c(N3CCNCC3)cccc2N(Cc2ccccc2F)C1=O.Cl. The third kappa shape index (κ3) is 3.73. The summed E-state index contributed by atoms with van der Waals surface area (Å²) in [5.74, 6) is -0.284. The number of urea groups is 1. The highest BCUT2D eigenvalue weighted by atomic mass is 35.5. The van der Waals surface area contributed by atoms with Crippen molar-refractivity contribution >= 4 is 29.8 Å². The van der Waals surface area contributed by atoms with Gasteiger partial charge in [-0.05, 0) is 18.2 Å². The smallest absolute Gasteiger partial charge is 0.324 e. The van der Waals surface area contributed by atoms with Gasteiger partial charge in [0.05, 0.1) is 18.8 Å². The highest BCUT2D eigenvalue weighted by Crippen LogP contribution is 2.36. The van der Waals surface area contributed by atoms with E-state index in [1.807, 2.05) is 12.1 Å². The first-order chi connectivity index (χ1) is 12.6. The Morgan fingerprint density at radius 3 is 2.48 bits per heavy atom. The number of fused-ring (bicyclic) bond motifs is 1. The standard InChI is InChI=1S/C20H23FN4O.ClH/c1-23-14-16-18(24-11-9-22-10-12-24)7-4-8-19(16)25(20(23)26)13-15-5-2-3-6-17(15)21;/h2-8,22H,9-14H2,1H3;1H. The molecule has 7 heteroatoms. The molecule has 1 saturated heterocycles. The van der Waals surface area contributed by atoms with Crippen LogP contribution in [-0.2, 0) is 13.1 Å². The van der Waals surface area contributed by atoms with Gasteiger partial charge in [-0.1, -0.05) is 24.3 Å². The minimum Gasteiger partial charge on any atom is -0.369 e. The van der Waals surface area contributed by atoms with Gasteiger partial charge < -0.3 is 15.1 Å². The van der Waals surface area contributed by atoms with Crippen molar-refractivity contribution in [1.82, 2.24) is 10.2 Å². The first kappa shape index (κ1) is 19.5. The van der Waals surface area contributed by atoms with Gasteiger partial charge >= 0.3 is 6.03 Å². The van der Waals surface area contributed by atoms with E-state index < -0.39 is 0 Å². The van der Waals surface area contributed by atoms with E-state index in [2.05, 4.69) is 16.3 Å². The zero-order valence-corrected chi connectivity index (χ0v) is 16.1. The van der Waals surface area contributed by atoms with Gasteiger partial charge in [-0.25, -0.2) is 9.18 Å². The lowest BCUT2D eigenvalue weighted by Crippen LogP contribution is -2.47. The zero-order valence-electron chi connectivity index (χ0n) is 15.3. The van der Waals surface area contributed by atoms with Crippen LogP contribution in [0.15, 0.2) is 42.5 Å². The molecule has 27 heavy (non-hydrogen) atoms. The maximum Gasteiger partial charge on any atom is 0.324 e. The molecule has 2 aromatic rings. The van der Waals surface area contributed by atoms with Crippen molar-refractivity contribution in [3.8, 4) is 0 Å². The van der Waals surface area contributed by atoms with Crippen LogP contribution in [0.4, 0.5) is 20.6 Å². The maximum absolute atomic E-state index is 14.1. The molecule has 2 amide bonds. The summed E-state index contributed by atoms with van der Waals surface area (Å²) < 4.78 is 14.1. The molecule has 0 atom stereocenters. The number of halogens is 2. The van der Waals surface area contributed by atoms with Crippen molar-refractivity contribution in [2.24, 2.45) is 0 Å². The number of nitrogens with zero attached hydrogens (tertiary/aromatic N) is 3. The van der Waals surface area contributed by atoms with Gasteiger partial charge in [0.1, 0.15) is 5.82 Å². The number of rotatable bonds is 3. The van der Waals surface area contributed by atoms with Crippen molar-refractivity contribution in [2.75, 3.05) is 43.0 Å². The van der Waals surface area contributed by atoms with Gasteiger partial charge in [0.15, 0.2) is 0 Å². The fourth-order valence-electron chi connectivity index (χ4n) is 3.74. The molecular formula is C20H24ClFN4O. The number of carbonyl (C=O) groups is 1. The molecule has 0 aromatic heterocycles. The van der Waals surface area contributed by atoms with Crippen LogP contribution in [0.5, 0.6) is 0 Å². The van der Waals surface area contributed by atoms with Gasteiger partial charge in [-0.3, -0.25) is 4.90 Å². The van der Waals surface area contributed by atoms with E-state index in [0.717, 1.165) is 37.4 Å². The van der Waals surface area contributed by atoms with Gasteiger partial charge in [0.2, 0.25) is 0 Å². The van der Waals surface area contributed by atoms with Crippen LogP contribution < -0.4 is 15.1 Å². The second kappa shape index (κ2) is 8.15. The summed E-state index contributed by atoms with van der Waals surface area (Å²) in [6.45, 7) is 4.60. The second-order valence-electron chi connectivity index (χ2n) is 6.83. The molecule has 0 radical (unpaired) electrons. The molecule has 2 aliphatic rings. The highest BCUT2D eigenvalue weighted by Gasteiger charge is 2.31. The molecule has 1 fully saturated rings. The van der Waals surface area contributed by atoms with E-state index in [4.69, 9.17) is 0 Å². The minimum atomic E-state index is -0.284. The summed E-state index contributed by atoms with van der Waals surface area (Å²) in [5, 5.41) is 3.37. The zero-order chi connectivity index (χ0) is 18.1. The van der Waals surface area contributed by atoms with Crippen LogP contribution in [0.25, 0.3) is 0 Å². The third-order valence-corrected chi connectivity index (χ3v) is 5.11. The minimum absolute atomic E-state index is 0. The molecular weight excluding hydrogens is 367 g/mol. The van der Waals surface area contributed by atoms with Gasteiger partial charge in [-0.15, -0.1) is 12.4 Å². The van der Waals surface area contributed by atoms with Crippen LogP contribution in [0.1, 0.15) is 11.1 Å². The predicted octanol–water partition coefficient (Wildman–Crippen LogP) is 3.23. The summed E-state index contributed by atoms with van der Waals surface area (Å²) in [5.41, 5.74) is 3.71. The van der Waals surface area contributed by atoms with Crippen LogP contribution in [-0.4, -0.2) is 44.2 Å². The van der Waals surface area contributed by atoms with E-state index in [-0.39, 0.29) is 30.8 Å².